The highest BCUT2D eigenvalue weighted by molar-refractivity contribution is 5.49. The van der Waals surface area contributed by atoms with Crippen molar-refractivity contribution in [3.63, 3.8) is 0 Å². The highest BCUT2D eigenvalue weighted by atomic mass is 16.6. The van der Waals surface area contributed by atoms with Gasteiger partial charge in [0.2, 0.25) is 0 Å². The fourth-order valence-electron chi connectivity index (χ4n) is 3.69. The molecule has 0 saturated carbocycles. The van der Waals surface area contributed by atoms with E-state index in [4.69, 9.17) is 5.73 Å². The van der Waals surface area contributed by atoms with Gasteiger partial charge in [0.25, 0.3) is 5.69 Å². The zero-order valence-electron chi connectivity index (χ0n) is 14.4. The molecule has 0 aliphatic heterocycles. The molecule has 0 spiro atoms. The predicted molar refractivity (Wildman–Crippen MR) is 102 cm³/mol. The van der Waals surface area contributed by atoms with Crippen molar-refractivity contribution < 1.29 is 4.92 Å². The molecule has 0 amide bonds. The zero-order chi connectivity index (χ0) is 18.9. The van der Waals surface area contributed by atoms with Gasteiger partial charge in [0.15, 0.2) is 0 Å². The molecule has 0 aliphatic rings. The Hall–Kier alpha value is -3.58. The van der Waals surface area contributed by atoms with Crippen molar-refractivity contribution >= 4 is 5.69 Å². The Kier molecular flexibility index (Phi) is 4.13. The number of aromatic amines is 3. The second-order valence-electron chi connectivity index (χ2n) is 6.49. The number of nitrogens with zero attached hydrogens (tertiary/aromatic N) is 1. The number of hydrogen-bond donors (Lipinski definition) is 4. The standard InChI is InChI=1S/C20H19N5O2/c21-20(16-6-9-23-12-16,17-7-10-24-13-17)19(15-5-8-22-11-15)14-1-3-18(4-2-14)25(26)27/h1-13,19,22-24H,21H2. The Morgan fingerprint density at radius 2 is 1.37 bits per heavy atom. The Labute approximate surface area is 155 Å². The number of nitro groups is 1. The number of benzene rings is 1. The molecule has 3 heterocycles. The van der Waals surface area contributed by atoms with Gasteiger partial charge in [-0.15, -0.1) is 0 Å². The van der Waals surface area contributed by atoms with Gasteiger partial charge < -0.3 is 20.7 Å². The van der Waals surface area contributed by atoms with E-state index in [2.05, 4.69) is 15.0 Å². The Balaban J connectivity index is 1.93. The van der Waals surface area contributed by atoms with E-state index < -0.39 is 10.5 Å². The van der Waals surface area contributed by atoms with Crippen LogP contribution in [0.25, 0.3) is 0 Å². The molecule has 0 saturated heterocycles. The van der Waals surface area contributed by atoms with Crippen molar-refractivity contribution in [3.05, 3.63) is 112 Å². The molecular formula is C20H19N5O2. The second kappa shape index (κ2) is 6.62. The van der Waals surface area contributed by atoms with E-state index in [0.717, 1.165) is 22.3 Å². The lowest BCUT2D eigenvalue weighted by molar-refractivity contribution is -0.384. The summed E-state index contributed by atoms with van der Waals surface area (Å²) < 4.78 is 0. The van der Waals surface area contributed by atoms with Gasteiger partial charge in [0.05, 0.1) is 10.5 Å². The number of nitro benzene ring substituents is 1. The van der Waals surface area contributed by atoms with Crippen molar-refractivity contribution in [2.24, 2.45) is 5.73 Å². The van der Waals surface area contributed by atoms with E-state index >= 15 is 0 Å². The molecule has 136 valence electrons. The average Bonchev–Trinajstić information content (AvgIpc) is 3.45. The molecule has 4 aromatic rings. The van der Waals surface area contributed by atoms with Crippen LogP contribution in [0.2, 0.25) is 0 Å². The van der Waals surface area contributed by atoms with Crippen molar-refractivity contribution in [1.82, 2.24) is 15.0 Å². The van der Waals surface area contributed by atoms with Crippen molar-refractivity contribution in [2.75, 3.05) is 0 Å². The van der Waals surface area contributed by atoms with Gasteiger partial charge in [0, 0.05) is 55.2 Å². The van der Waals surface area contributed by atoms with Crippen LogP contribution in [-0.2, 0) is 5.54 Å². The molecule has 3 aromatic heterocycles. The van der Waals surface area contributed by atoms with E-state index in [9.17, 15) is 10.1 Å². The van der Waals surface area contributed by atoms with Crippen molar-refractivity contribution in [2.45, 2.75) is 11.5 Å². The maximum atomic E-state index is 11.0. The third-order valence-corrected chi connectivity index (χ3v) is 5.00. The molecule has 0 fully saturated rings. The summed E-state index contributed by atoms with van der Waals surface area (Å²) in [6, 6.07) is 12.5. The molecule has 7 heteroatoms. The van der Waals surface area contributed by atoms with Crippen molar-refractivity contribution in [3.8, 4) is 0 Å². The topological polar surface area (TPSA) is 117 Å². The largest absolute Gasteiger partial charge is 0.367 e. The lowest BCUT2D eigenvalue weighted by atomic mass is 9.70. The molecule has 0 bridgehead atoms. The summed E-state index contributed by atoms with van der Waals surface area (Å²) >= 11 is 0. The van der Waals surface area contributed by atoms with Crippen LogP contribution in [0.4, 0.5) is 5.69 Å². The molecule has 5 N–H and O–H groups in total. The van der Waals surface area contributed by atoms with Crippen LogP contribution in [0.15, 0.2) is 79.6 Å². The fourth-order valence-corrected chi connectivity index (χ4v) is 3.69. The fraction of sp³-hybridized carbons (Fsp3) is 0.100. The highest BCUT2D eigenvalue weighted by Crippen LogP contribution is 2.44. The first-order valence-corrected chi connectivity index (χ1v) is 8.53. The summed E-state index contributed by atoms with van der Waals surface area (Å²) in [5.41, 5.74) is 10.0. The summed E-state index contributed by atoms with van der Waals surface area (Å²) in [4.78, 5) is 19.9. The lowest BCUT2D eigenvalue weighted by Crippen LogP contribution is -2.44. The SMILES string of the molecule is NC(c1cc[nH]c1)(c1cc[nH]c1)C(c1ccc([N+](=O)[O-])cc1)c1cc[nH]c1. The summed E-state index contributed by atoms with van der Waals surface area (Å²) in [6.07, 6.45) is 11.2. The first-order valence-electron chi connectivity index (χ1n) is 8.53. The quantitative estimate of drug-likeness (QED) is 0.310. The molecular weight excluding hydrogens is 342 g/mol. The third kappa shape index (κ3) is 2.84. The molecule has 0 radical (unpaired) electrons. The van der Waals surface area contributed by atoms with Crippen LogP contribution in [0, 0.1) is 10.1 Å². The average molecular weight is 361 g/mol. The molecule has 1 unspecified atom stereocenters. The van der Waals surface area contributed by atoms with E-state index in [1.54, 1.807) is 12.1 Å². The number of non-ortho nitro benzene ring substituents is 1. The van der Waals surface area contributed by atoms with Crippen molar-refractivity contribution in [1.29, 1.82) is 0 Å². The van der Waals surface area contributed by atoms with E-state index in [1.165, 1.54) is 12.1 Å². The van der Waals surface area contributed by atoms with Crippen LogP contribution >= 0.6 is 0 Å². The van der Waals surface area contributed by atoms with Crippen LogP contribution in [0.3, 0.4) is 0 Å². The van der Waals surface area contributed by atoms with Gasteiger partial charge in [0.1, 0.15) is 0 Å². The Morgan fingerprint density at radius 3 is 1.81 bits per heavy atom. The monoisotopic (exact) mass is 361 g/mol. The number of rotatable bonds is 6. The normalized spacial score (nSPS) is 12.8. The third-order valence-electron chi connectivity index (χ3n) is 5.00. The molecule has 1 aromatic carbocycles. The van der Waals surface area contributed by atoms with Gasteiger partial charge in [-0.05, 0) is 40.5 Å². The summed E-state index contributed by atoms with van der Waals surface area (Å²) in [5.74, 6) is -0.254. The molecule has 1 atom stereocenters. The summed E-state index contributed by atoms with van der Waals surface area (Å²) in [7, 11) is 0. The molecule has 4 rings (SSSR count). The first kappa shape index (κ1) is 16.9. The number of nitrogens with two attached hydrogens (primary N) is 1. The maximum absolute atomic E-state index is 11.0. The predicted octanol–water partition coefficient (Wildman–Crippen LogP) is 3.61. The van der Waals surface area contributed by atoms with Gasteiger partial charge >= 0.3 is 0 Å². The lowest BCUT2D eigenvalue weighted by Gasteiger charge is -2.37. The zero-order valence-corrected chi connectivity index (χ0v) is 14.4. The number of aromatic nitrogens is 3. The van der Waals surface area contributed by atoms with Gasteiger partial charge in [-0.25, -0.2) is 0 Å². The van der Waals surface area contributed by atoms with E-state index in [1.807, 2.05) is 55.4 Å². The van der Waals surface area contributed by atoms with Gasteiger partial charge in [-0.3, -0.25) is 10.1 Å². The highest BCUT2D eigenvalue weighted by Gasteiger charge is 2.41. The smallest absolute Gasteiger partial charge is 0.269 e. The number of hydrogen-bond acceptors (Lipinski definition) is 3. The van der Waals surface area contributed by atoms with Crippen LogP contribution in [0.5, 0.6) is 0 Å². The van der Waals surface area contributed by atoms with E-state index in [0.29, 0.717) is 0 Å². The minimum absolute atomic E-state index is 0.0532. The van der Waals surface area contributed by atoms with Crippen LogP contribution < -0.4 is 5.73 Å². The second-order valence-corrected chi connectivity index (χ2v) is 6.49. The first-order chi connectivity index (χ1) is 13.1. The number of nitrogens with one attached hydrogen (secondary N) is 3. The minimum Gasteiger partial charge on any atom is -0.367 e. The summed E-state index contributed by atoms with van der Waals surface area (Å²) in [5, 5.41) is 11.0. The van der Waals surface area contributed by atoms with E-state index in [-0.39, 0.29) is 11.6 Å². The van der Waals surface area contributed by atoms with Gasteiger partial charge in [-0.2, -0.15) is 0 Å². The Bertz CT molecular complexity index is 969. The summed E-state index contributed by atoms with van der Waals surface area (Å²) in [6.45, 7) is 0. The minimum atomic E-state index is -0.877. The molecule has 7 nitrogen and oxygen atoms in total. The van der Waals surface area contributed by atoms with Gasteiger partial charge in [-0.1, -0.05) is 12.1 Å². The molecule has 0 aliphatic carbocycles. The molecule has 27 heavy (non-hydrogen) atoms. The van der Waals surface area contributed by atoms with Crippen LogP contribution in [0.1, 0.15) is 28.2 Å². The van der Waals surface area contributed by atoms with Crippen LogP contribution in [-0.4, -0.2) is 19.9 Å². The number of H-pyrrole nitrogens is 3. The maximum Gasteiger partial charge on any atom is 0.269 e. The Morgan fingerprint density at radius 1 is 0.815 bits per heavy atom.